The summed E-state index contributed by atoms with van der Waals surface area (Å²) in [4.78, 5) is 6.41. The van der Waals surface area contributed by atoms with Gasteiger partial charge in [-0.05, 0) is 36.2 Å². The first-order valence-electron chi connectivity index (χ1n) is 8.14. The van der Waals surface area contributed by atoms with Gasteiger partial charge in [0.2, 0.25) is 0 Å². The third-order valence-corrected chi connectivity index (χ3v) is 3.73. The second-order valence-corrected chi connectivity index (χ2v) is 5.59. The molecular formula is C19H25FN4. The van der Waals surface area contributed by atoms with Crippen LogP contribution in [-0.4, -0.2) is 33.1 Å². The molecule has 2 aromatic rings. The van der Waals surface area contributed by atoms with Crippen LogP contribution < -0.4 is 15.5 Å². The fourth-order valence-corrected chi connectivity index (χ4v) is 2.39. The van der Waals surface area contributed by atoms with Gasteiger partial charge in [-0.15, -0.1) is 0 Å². The molecule has 24 heavy (non-hydrogen) atoms. The summed E-state index contributed by atoms with van der Waals surface area (Å²) in [6.07, 6.45) is 0.992. The number of benzene rings is 2. The Morgan fingerprint density at radius 3 is 2.58 bits per heavy atom. The highest BCUT2D eigenvalue weighted by atomic mass is 19.1. The molecule has 0 fully saturated rings. The lowest BCUT2D eigenvalue weighted by Crippen LogP contribution is -2.38. The molecule has 0 atom stereocenters. The normalized spacial score (nSPS) is 11.2. The van der Waals surface area contributed by atoms with E-state index in [2.05, 4.69) is 39.7 Å². The van der Waals surface area contributed by atoms with Crippen molar-refractivity contribution in [3.63, 3.8) is 0 Å². The van der Waals surface area contributed by atoms with Crippen molar-refractivity contribution >= 4 is 11.6 Å². The van der Waals surface area contributed by atoms with Crippen molar-refractivity contribution in [2.45, 2.75) is 13.0 Å². The summed E-state index contributed by atoms with van der Waals surface area (Å²) in [6.45, 7) is 2.32. The first kappa shape index (κ1) is 17.8. The molecule has 0 amide bonds. The van der Waals surface area contributed by atoms with Crippen LogP contribution in [0.5, 0.6) is 0 Å². The number of hydrogen-bond acceptors (Lipinski definition) is 2. The molecule has 0 aliphatic rings. The Labute approximate surface area is 143 Å². The highest BCUT2D eigenvalue weighted by Gasteiger charge is 2.01. The molecule has 2 rings (SSSR count). The molecule has 0 heterocycles. The average molecular weight is 328 g/mol. The molecule has 0 saturated carbocycles. The predicted octanol–water partition coefficient (Wildman–Crippen LogP) is 3.02. The van der Waals surface area contributed by atoms with Gasteiger partial charge in [-0.25, -0.2) is 4.39 Å². The van der Waals surface area contributed by atoms with Crippen LogP contribution in [0.25, 0.3) is 0 Å². The zero-order chi connectivity index (χ0) is 17.2. The number of rotatable bonds is 7. The molecule has 0 spiro atoms. The number of aliphatic imine (C=N–C) groups is 1. The van der Waals surface area contributed by atoms with Gasteiger partial charge in [-0.2, -0.15) is 0 Å². The van der Waals surface area contributed by atoms with Crippen LogP contribution >= 0.6 is 0 Å². The first-order valence-corrected chi connectivity index (χ1v) is 8.14. The van der Waals surface area contributed by atoms with Crippen molar-refractivity contribution in [3.8, 4) is 0 Å². The maximum Gasteiger partial charge on any atom is 0.191 e. The Bertz CT molecular complexity index is 643. The number of halogens is 1. The zero-order valence-electron chi connectivity index (χ0n) is 14.3. The van der Waals surface area contributed by atoms with Crippen LogP contribution in [0.4, 0.5) is 10.1 Å². The van der Waals surface area contributed by atoms with Gasteiger partial charge in [0.15, 0.2) is 5.96 Å². The number of hydrogen-bond donors (Lipinski definition) is 2. The molecule has 5 heteroatoms. The van der Waals surface area contributed by atoms with Crippen molar-refractivity contribution in [2.24, 2.45) is 4.99 Å². The van der Waals surface area contributed by atoms with E-state index in [-0.39, 0.29) is 5.82 Å². The topological polar surface area (TPSA) is 39.7 Å². The van der Waals surface area contributed by atoms with Gasteiger partial charge < -0.3 is 15.5 Å². The molecule has 2 aromatic carbocycles. The van der Waals surface area contributed by atoms with Gasteiger partial charge in [-0.1, -0.05) is 30.3 Å². The summed E-state index contributed by atoms with van der Waals surface area (Å²) >= 11 is 0. The van der Waals surface area contributed by atoms with E-state index in [9.17, 15) is 4.39 Å². The van der Waals surface area contributed by atoms with Gasteiger partial charge in [0, 0.05) is 39.4 Å². The van der Waals surface area contributed by atoms with E-state index in [1.54, 1.807) is 13.1 Å². The van der Waals surface area contributed by atoms with E-state index in [0.717, 1.165) is 31.0 Å². The standard InChI is InChI=1S/C19H25FN4/c1-21-19(23-15-16-8-6-9-17(20)14-16)22-12-7-13-24(2)18-10-4-3-5-11-18/h3-6,8-11,14H,7,12-13,15H2,1-2H3,(H2,21,22,23). The number of nitrogens with zero attached hydrogens (tertiary/aromatic N) is 2. The number of anilines is 1. The van der Waals surface area contributed by atoms with Gasteiger partial charge in [-0.3, -0.25) is 4.99 Å². The SMILES string of the molecule is CN=C(NCCCN(C)c1ccccc1)NCc1cccc(F)c1. The fraction of sp³-hybridized carbons (Fsp3) is 0.316. The molecule has 0 aliphatic carbocycles. The van der Waals surface area contributed by atoms with Gasteiger partial charge in [0.05, 0.1) is 0 Å². The van der Waals surface area contributed by atoms with Crippen LogP contribution in [0.3, 0.4) is 0 Å². The van der Waals surface area contributed by atoms with Crippen LogP contribution in [-0.2, 0) is 6.54 Å². The van der Waals surface area contributed by atoms with E-state index in [0.29, 0.717) is 6.54 Å². The van der Waals surface area contributed by atoms with Crippen molar-refractivity contribution < 1.29 is 4.39 Å². The van der Waals surface area contributed by atoms with Gasteiger partial charge >= 0.3 is 0 Å². The Kier molecular flexibility index (Phi) is 7.08. The lowest BCUT2D eigenvalue weighted by Gasteiger charge is -2.19. The monoisotopic (exact) mass is 328 g/mol. The molecule has 4 nitrogen and oxygen atoms in total. The van der Waals surface area contributed by atoms with Crippen molar-refractivity contribution in [2.75, 3.05) is 32.1 Å². The lowest BCUT2D eigenvalue weighted by molar-refractivity contribution is 0.624. The summed E-state index contributed by atoms with van der Waals surface area (Å²) < 4.78 is 13.2. The zero-order valence-corrected chi connectivity index (χ0v) is 14.3. The minimum atomic E-state index is -0.221. The summed E-state index contributed by atoms with van der Waals surface area (Å²) in [5.74, 6) is 0.503. The van der Waals surface area contributed by atoms with E-state index in [1.165, 1.54) is 17.8 Å². The maximum atomic E-state index is 13.2. The quantitative estimate of drug-likeness (QED) is 0.466. The first-order chi connectivity index (χ1) is 11.7. The minimum absolute atomic E-state index is 0.221. The van der Waals surface area contributed by atoms with E-state index < -0.39 is 0 Å². The number of nitrogens with one attached hydrogen (secondary N) is 2. The smallest absolute Gasteiger partial charge is 0.191 e. The Balaban J connectivity index is 1.68. The summed E-state index contributed by atoms with van der Waals surface area (Å²) in [5, 5.41) is 6.47. The van der Waals surface area contributed by atoms with Crippen LogP contribution in [0.1, 0.15) is 12.0 Å². The second kappa shape index (κ2) is 9.55. The van der Waals surface area contributed by atoms with E-state index in [1.807, 2.05) is 24.3 Å². The molecule has 0 saturated heterocycles. The Hall–Kier alpha value is -2.56. The Morgan fingerprint density at radius 2 is 1.88 bits per heavy atom. The average Bonchev–Trinajstić information content (AvgIpc) is 2.61. The van der Waals surface area contributed by atoms with Crippen molar-refractivity contribution in [1.82, 2.24) is 10.6 Å². The minimum Gasteiger partial charge on any atom is -0.375 e. The molecule has 2 N–H and O–H groups in total. The molecule has 0 bridgehead atoms. The van der Waals surface area contributed by atoms with Crippen molar-refractivity contribution in [1.29, 1.82) is 0 Å². The van der Waals surface area contributed by atoms with Gasteiger partial charge in [0.1, 0.15) is 5.82 Å². The summed E-state index contributed by atoms with van der Waals surface area (Å²) in [6, 6.07) is 16.9. The Morgan fingerprint density at radius 1 is 1.08 bits per heavy atom. The highest BCUT2D eigenvalue weighted by Crippen LogP contribution is 2.10. The van der Waals surface area contributed by atoms with Crippen LogP contribution in [0.15, 0.2) is 59.6 Å². The molecule has 128 valence electrons. The van der Waals surface area contributed by atoms with Crippen molar-refractivity contribution in [3.05, 3.63) is 66.0 Å². The number of para-hydroxylation sites is 1. The fourth-order valence-electron chi connectivity index (χ4n) is 2.39. The van der Waals surface area contributed by atoms with Gasteiger partial charge in [0.25, 0.3) is 0 Å². The van der Waals surface area contributed by atoms with E-state index in [4.69, 9.17) is 0 Å². The van der Waals surface area contributed by atoms with Crippen LogP contribution in [0.2, 0.25) is 0 Å². The largest absolute Gasteiger partial charge is 0.375 e. The third-order valence-electron chi connectivity index (χ3n) is 3.73. The summed E-state index contributed by atoms with van der Waals surface area (Å²) in [7, 11) is 3.82. The lowest BCUT2D eigenvalue weighted by atomic mass is 10.2. The van der Waals surface area contributed by atoms with Crippen LogP contribution in [0, 0.1) is 5.82 Å². The second-order valence-electron chi connectivity index (χ2n) is 5.59. The maximum absolute atomic E-state index is 13.2. The highest BCUT2D eigenvalue weighted by molar-refractivity contribution is 5.79. The molecule has 0 radical (unpaired) electrons. The molecule has 0 aliphatic heterocycles. The molecule has 0 unspecified atom stereocenters. The molecule has 0 aromatic heterocycles. The number of guanidine groups is 1. The summed E-state index contributed by atoms with van der Waals surface area (Å²) in [5.41, 5.74) is 2.10. The predicted molar refractivity (Wildman–Crippen MR) is 98.9 cm³/mol. The third kappa shape index (κ3) is 5.91. The van der Waals surface area contributed by atoms with E-state index >= 15 is 0 Å². The molecular weight excluding hydrogens is 303 g/mol.